The minimum absolute atomic E-state index is 0.361. The van der Waals surface area contributed by atoms with Gasteiger partial charge in [-0.15, -0.1) is 0 Å². The molecule has 1 unspecified atom stereocenters. The Labute approximate surface area is 172 Å². The predicted molar refractivity (Wildman–Crippen MR) is 110 cm³/mol. The number of imide groups is 1. The van der Waals surface area contributed by atoms with Gasteiger partial charge in [0.25, 0.3) is 11.1 Å². The fourth-order valence-corrected chi connectivity index (χ4v) is 3.46. The van der Waals surface area contributed by atoms with Crippen LogP contribution in [0.25, 0.3) is 6.08 Å². The third-order valence-electron chi connectivity index (χ3n) is 4.31. The molecule has 0 saturated carbocycles. The largest absolute Gasteiger partial charge is 0.468 e. The van der Waals surface area contributed by atoms with Crippen molar-refractivity contribution in [2.45, 2.75) is 19.4 Å². The number of carbonyl (C=O) groups excluding carboxylic acids is 3. The summed E-state index contributed by atoms with van der Waals surface area (Å²) in [6.45, 7) is 1.92. The van der Waals surface area contributed by atoms with Gasteiger partial charge in [0, 0.05) is 0 Å². The van der Waals surface area contributed by atoms with Gasteiger partial charge in [-0.05, 0) is 72.1 Å². The molecule has 2 amide bonds. The lowest BCUT2D eigenvalue weighted by Crippen LogP contribution is -2.33. The molecule has 150 valence electrons. The van der Waals surface area contributed by atoms with E-state index in [1.165, 1.54) is 7.11 Å². The number of hydrogen-bond donors (Lipinski definition) is 2. The molecule has 0 aliphatic carbocycles. The highest BCUT2D eigenvalue weighted by molar-refractivity contribution is 8.18. The van der Waals surface area contributed by atoms with Crippen LogP contribution in [0.15, 0.2) is 47.4 Å². The molecule has 1 heterocycles. The van der Waals surface area contributed by atoms with Gasteiger partial charge in [0.2, 0.25) is 0 Å². The van der Waals surface area contributed by atoms with Crippen molar-refractivity contribution in [1.29, 1.82) is 0 Å². The fraction of sp³-hybridized carbons (Fsp3) is 0.190. The second-order valence-electron chi connectivity index (χ2n) is 6.45. The number of rotatable bonds is 6. The molecule has 29 heavy (non-hydrogen) atoms. The van der Waals surface area contributed by atoms with E-state index in [-0.39, 0.29) is 11.1 Å². The molecule has 8 heteroatoms. The Morgan fingerprint density at radius 3 is 2.45 bits per heavy atom. The van der Waals surface area contributed by atoms with Crippen molar-refractivity contribution in [2.24, 2.45) is 5.73 Å². The monoisotopic (exact) mass is 412 g/mol. The second kappa shape index (κ2) is 8.93. The van der Waals surface area contributed by atoms with Gasteiger partial charge in [-0.1, -0.05) is 18.2 Å². The van der Waals surface area contributed by atoms with Gasteiger partial charge in [0.05, 0.1) is 12.0 Å². The number of aryl methyl sites for hydroxylation is 1. The van der Waals surface area contributed by atoms with Crippen LogP contribution in [0.4, 0.5) is 4.79 Å². The minimum Gasteiger partial charge on any atom is -0.468 e. The van der Waals surface area contributed by atoms with Gasteiger partial charge in [-0.2, -0.15) is 0 Å². The molecule has 3 N–H and O–H groups in total. The van der Waals surface area contributed by atoms with Crippen LogP contribution in [0.1, 0.15) is 16.7 Å². The molecule has 2 aromatic carbocycles. The highest BCUT2D eigenvalue weighted by Crippen LogP contribution is 2.28. The standard InChI is InChI=1S/C21H20N2O5S/c1-12-9-16(8-5-14(12)11-17(22)20(25)27-2)28-15-6-3-13(4-7-15)10-18-19(24)23-21(26)29-18/h3-10,17H,11,22H2,1-2H3,(H,23,24,26)/b18-10+. The van der Waals surface area contributed by atoms with Gasteiger partial charge in [-0.25, -0.2) is 0 Å². The molecule has 1 atom stereocenters. The van der Waals surface area contributed by atoms with Gasteiger partial charge in [-0.3, -0.25) is 19.7 Å². The number of thioether (sulfide) groups is 1. The Bertz CT molecular complexity index is 985. The van der Waals surface area contributed by atoms with Gasteiger partial charge in [0.15, 0.2) is 0 Å². The summed E-state index contributed by atoms with van der Waals surface area (Å²) in [4.78, 5) is 34.7. The highest BCUT2D eigenvalue weighted by atomic mass is 32.2. The van der Waals surface area contributed by atoms with Crippen LogP contribution in [0.5, 0.6) is 11.5 Å². The number of carbonyl (C=O) groups is 3. The smallest absolute Gasteiger partial charge is 0.322 e. The maximum Gasteiger partial charge on any atom is 0.322 e. The topological polar surface area (TPSA) is 108 Å². The van der Waals surface area contributed by atoms with Crippen LogP contribution < -0.4 is 15.8 Å². The molecular formula is C21H20N2O5S. The van der Waals surface area contributed by atoms with E-state index in [1.807, 2.05) is 25.1 Å². The average Bonchev–Trinajstić information content (AvgIpc) is 3.01. The summed E-state index contributed by atoms with van der Waals surface area (Å²) < 4.78 is 10.5. The van der Waals surface area contributed by atoms with E-state index in [9.17, 15) is 14.4 Å². The van der Waals surface area contributed by atoms with Gasteiger partial charge >= 0.3 is 5.97 Å². The number of nitrogens with two attached hydrogens (primary N) is 1. The van der Waals surface area contributed by atoms with Gasteiger partial charge in [0.1, 0.15) is 17.5 Å². The van der Waals surface area contributed by atoms with Crippen LogP contribution >= 0.6 is 11.8 Å². The fourth-order valence-electron chi connectivity index (χ4n) is 2.77. The summed E-state index contributed by atoms with van der Waals surface area (Å²) in [5, 5.41) is 1.85. The van der Waals surface area contributed by atoms with E-state index < -0.39 is 12.0 Å². The predicted octanol–water partition coefficient (Wildman–Crippen LogP) is 3.15. The Hall–Kier alpha value is -3.10. The SMILES string of the molecule is COC(=O)C(N)Cc1ccc(Oc2ccc(/C=C3/SC(=O)NC3=O)cc2)cc1C. The zero-order valence-corrected chi connectivity index (χ0v) is 16.7. The van der Waals surface area contributed by atoms with Crippen molar-refractivity contribution in [3.05, 3.63) is 64.1 Å². The first-order valence-electron chi connectivity index (χ1n) is 8.81. The van der Waals surface area contributed by atoms with Crippen LogP contribution in [0, 0.1) is 6.92 Å². The molecule has 3 rings (SSSR count). The summed E-state index contributed by atoms with van der Waals surface area (Å²) in [6, 6.07) is 12.0. The quantitative estimate of drug-likeness (QED) is 0.554. The zero-order valence-electron chi connectivity index (χ0n) is 15.9. The molecule has 1 aliphatic heterocycles. The van der Waals surface area contributed by atoms with E-state index >= 15 is 0 Å². The van der Waals surface area contributed by atoms with Crippen molar-refractivity contribution in [3.63, 3.8) is 0 Å². The molecule has 1 aliphatic rings. The third kappa shape index (κ3) is 5.24. The average molecular weight is 412 g/mol. The molecule has 0 aromatic heterocycles. The maximum atomic E-state index is 11.6. The van der Waals surface area contributed by atoms with Crippen molar-refractivity contribution >= 4 is 35.0 Å². The number of methoxy groups -OCH3 is 1. The number of nitrogens with one attached hydrogen (secondary N) is 1. The normalized spacial score (nSPS) is 15.9. The molecule has 2 aromatic rings. The molecule has 1 fully saturated rings. The number of esters is 1. The minimum atomic E-state index is -0.706. The summed E-state index contributed by atoms with van der Waals surface area (Å²) in [5.74, 6) is 0.450. The van der Waals surface area contributed by atoms with Crippen molar-refractivity contribution in [1.82, 2.24) is 5.32 Å². The highest BCUT2D eigenvalue weighted by Gasteiger charge is 2.24. The lowest BCUT2D eigenvalue weighted by molar-refractivity contribution is -0.142. The molecule has 0 bridgehead atoms. The molecule has 0 spiro atoms. The summed E-state index contributed by atoms with van der Waals surface area (Å²) in [7, 11) is 1.31. The number of amides is 2. The van der Waals surface area contributed by atoms with E-state index in [2.05, 4.69) is 10.1 Å². The van der Waals surface area contributed by atoms with E-state index in [0.717, 1.165) is 28.5 Å². The number of ether oxygens (including phenoxy) is 2. The summed E-state index contributed by atoms with van der Waals surface area (Å²) in [5.41, 5.74) is 8.51. The molecular weight excluding hydrogens is 392 g/mol. The van der Waals surface area contributed by atoms with Crippen molar-refractivity contribution in [2.75, 3.05) is 7.11 Å². The Kier molecular flexibility index (Phi) is 6.36. The number of hydrogen-bond acceptors (Lipinski definition) is 7. The second-order valence-corrected chi connectivity index (χ2v) is 7.46. The first kappa shape index (κ1) is 20.6. The number of benzene rings is 2. The Balaban J connectivity index is 1.66. The Morgan fingerprint density at radius 2 is 1.86 bits per heavy atom. The van der Waals surface area contributed by atoms with Gasteiger partial charge < -0.3 is 15.2 Å². The van der Waals surface area contributed by atoms with Crippen LogP contribution in [-0.2, 0) is 20.7 Å². The van der Waals surface area contributed by atoms with E-state index in [0.29, 0.717) is 22.8 Å². The van der Waals surface area contributed by atoms with Crippen molar-refractivity contribution < 1.29 is 23.9 Å². The van der Waals surface area contributed by atoms with Crippen molar-refractivity contribution in [3.8, 4) is 11.5 Å². The Morgan fingerprint density at radius 1 is 1.17 bits per heavy atom. The summed E-state index contributed by atoms with van der Waals surface area (Å²) >= 11 is 0.878. The lowest BCUT2D eigenvalue weighted by atomic mass is 10.0. The van der Waals surface area contributed by atoms with E-state index in [4.69, 9.17) is 10.5 Å². The zero-order chi connectivity index (χ0) is 21.0. The summed E-state index contributed by atoms with van der Waals surface area (Å²) in [6.07, 6.45) is 2.04. The first-order valence-corrected chi connectivity index (χ1v) is 9.63. The maximum absolute atomic E-state index is 11.6. The lowest BCUT2D eigenvalue weighted by Gasteiger charge is -2.13. The molecule has 0 radical (unpaired) electrons. The van der Waals surface area contributed by atoms with E-state index in [1.54, 1.807) is 30.3 Å². The molecule has 1 saturated heterocycles. The molecule has 7 nitrogen and oxygen atoms in total. The first-order chi connectivity index (χ1) is 13.9. The third-order valence-corrected chi connectivity index (χ3v) is 5.12. The van der Waals surface area contributed by atoms with Crippen LogP contribution in [0.2, 0.25) is 0 Å². The van der Waals surface area contributed by atoms with Crippen LogP contribution in [0.3, 0.4) is 0 Å². The van der Waals surface area contributed by atoms with Crippen LogP contribution in [-0.4, -0.2) is 30.3 Å².